The first-order chi connectivity index (χ1) is 18.7. The quantitative estimate of drug-likeness (QED) is 0.369. The van der Waals surface area contributed by atoms with Gasteiger partial charge in [-0.3, -0.25) is 9.78 Å². The van der Waals surface area contributed by atoms with E-state index in [4.69, 9.17) is 15.9 Å². The van der Waals surface area contributed by atoms with Gasteiger partial charge < -0.3 is 19.7 Å². The predicted octanol–water partition coefficient (Wildman–Crippen LogP) is 5.74. The molecular weight excluding hydrogens is 509 g/mol. The van der Waals surface area contributed by atoms with E-state index in [1.54, 1.807) is 12.3 Å². The molecule has 3 heterocycles. The van der Waals surface area contributed by atoms with Crippen LogP contribution in [0.1, 0.15) is 41.4 Å². The van der Waals surface area contributed by atoms with Gasteiger partial charge in [-0.05, 0) is 43.7 Å². The van der Waals surface area contributed by atoms with Gasteiger partial charge >= 0.3 is 6.18 Å². The number of aromatic nitrogens is 2. The Bertz CT molecular complexity index is 1360. The molecule has 2 aromatic heterocycles. The summed E-state index contributed by atoms with van der Waals surface area (Å²) in [6, 6.07) is 7.95. The molecule has 1 atom stereocenters. The van der Waals surface area contributed by atoms with E-state index in [1.165, 1.54) is 18.3 Å². The molecule has 7 nitrogen and oxygen atoms in total. The summed E-state index contributed by atoms with van der Waals surface area (Å²) >= 11 is 0. The average Bonchev–Trinajstić information content (AvgIpc) is 2.94. The molecule has 1 N–H and O–H groups in total. The Kier molecular flexibility index (Phi) is 8.72. The highest BCUT2D eigenvalue weighted by molar-refractivity contribution is 6.04. The summed E-state index contributed by atoms with van der Waals surface area (Å²) in [4.78, 5) is 23.9. The molecule has 0 aliphatic carbocycles. The van der Waals surface area contributed by atoms with Gasteiger partial charge in [0.25, 0.3) is 5.91 Å². The lowest BCUT2D eigenvalue weighted by Crippen LogP contribution is -2.36. The number of nitrogens with zero attached hydrogens (tertiary/aromatic N) is 3. The molecule has 4 rings (SSSR count). The van der Waals surface area contributed by atoms with Crippen LogP contribution in [0.15, 0.2) is 48.8 Å². The highest BCUT2D eigenvalue weighted by Crippen LogP contribution is 2.35. The zero-order chi connectivity index (χ0) is 28.0. The smallest absolute Gasteiger partial charge is 0.416 e. The van der Waals surface area contributed by atoms with Crippen molar-refractivity contribution in [1.82, 2.24) is 9.97 Å². The number of carbonyl (C=O) groups excluding carboxylic acids is 1. The Hall–Kier alpha value is -4.10. The summed E-state index contributed by atoms with van der Waals surface area (Å²) in [5.41, 5.74) is 2.27. The molecule has 39 heavy (non-hydrogen) atoms. The number of hydrogen-bond donors (Lipinski definition) is 1. The second-order valence-electron chi connectivity index (χ2n) is 9.09. The minimum atomic E-state index is -4.55. The summed E-state index contributed by atoms with van der Waals surface area (Å²) in [6.45, 7) is 6.30. The molecule has 1 aliphatic heterocycles. The number of aryl methyl sites for hydroxylation is 1. The number of rotatable bonds is 8. The monoisotopic (exact) mass is 538 g/mol. The van der Waals surface area contributed by atoms with Gasteiger partial charge in [0, 0.05) is 48.1 Å². The number of amides is 1. The maximum absolute atomic E-state index is 13.1. The Morgan fingerprint density at radius 1 is 1.21 bits per heavy atom. The van der Waals surface area contributed by atoms with E-state index in [-0.39, 0.29) is 11.7 Å². The number of ether oxygens (including phenoxy) is 2. The largest absolute Gasteiger partial charge is 0.472 e. The van der Waals surface area contributed by atoms with Crippen LogP contribution in [0.3, 0.4) is 0 Å². The number of alkyl halides is 3. The van der Waals surface area contributed by atoms with Crippen molar-refractivity contribution < 1.29 is 27.4 Å². The first-order valence-electron chi connectivity index (χ1n) is 12.6. The van der Waals surface area contributed by atoms with Gasteiger partial charge in [0.15, 0.2) is 0 Å². The van der Waals surface area contributed by atoms with Crippen LogP contribution in [-0.2, 0) is 10.9 Å². The molecule has 0 radical (unpaired) electrons. The summed E-state index contributed by atoms with van der Waals surface area (Å²) in [7, 11) is 0. The van der Waals surface area contributed by atoms with Crippen molar-refractivity contribution in [2.24, 2.45) is 0 Å². The SMILES string of the molecule is C#CCC(CC)Oc1ncc(-c2cc(NC(=O)c3cccc(C(F)(F)F)c3)cnc2C)cc1N1CCOCC1. The lowest BCUT2D eigenvalue weighted by atomic mass is 10.0. The fourth-order valence-electron chi connectivity index (χ4n) is 4.20. The number of anilines is 2. The molecule has 10 heteroatoms. The van der Waals surface area contributed by atoms with E-state index < -0.39 is 17.6 Å². The summed E-state index contributed by atoms with van der Waals surface area (Å²) in [5.74, 6) is 2.44. The van der Waals surface area contributed by atoms with Crippen molar-refractivity contribution in [3.05, 3.63) is 65.6 Å². The molecule has 1 unspecified atom stereocenters. The van der Waals surface area contributed by atoms with E-state index in [0.717, 1.165) is 29.8 Å². The van der Waals surface area contributed by atoms with Crippen molar-refractivity contribution in [3.63, 3.8) is 0 Å². The van der Waals surface area contributed by atoms with Crippen LogP contribution in [0.4, 0.5) is 24.5 Å². The standard InChI is InChI=1S/C29H29F3N4O3/c1-4-7-24(5-2)39-28-26(36-10-12-38-13-11-36)15-21(17-34-28)25-16-23(18-33-19(25)3)35-27(37)20-8-6-9-22(14-20)29(30,31)32/h1,6,8-9,14-18,24H,5,7,10-13H2,2-3H3,(H,35,37). The number of halogens is 3. The molecule has 1 amide bonds. The van der Waals surface area contributed by atoms with Gasteiger partial charge in [0.05, 0.1) is 30.7 Å². The third-order valence-corrected chi connectivity index (χ3v) is 6.37. The number of nitrogens with one attached hydrogen (secondary N) is 1. The summed E-state index contributed by atoms with van der Waals surface area (Å²) in [6.07, 6.45) is 5.10. The Balaban J connectivity index is 1.64. The van der Waals surface area contributed by atoms with Crippen LogP contribution >= 0.6 is 0 Å². The molecule has 0 saturated carbocycles. The first kappa shape index (κ1) is 27.9. The Morgan fingerprint density at radius 2 is 1.97 bits per heavy atom. The number of pyridine rings is 2. The van der Waals surface area contributed by atoms with E-state index in [9.17, 15) is 18.0 Å². The van der Waals surface area contributed by atoms with Gasteiger partial charge in [-0.1, -0.05) is 13.0 Å². The Labute approximate surface area is 225 Å². The van der Waals surface area contributed by atoms with Crippen molar-refractivity contribution in [1.29, 1.82) is 0 Å². The van der Waals surface area contributed by atoms with Crippen molar-refractivity contribution in [2.45, 2.75) is 39.0 Å². The first-order valence-corrected chi connectivity index (χ1v) is 12.6. The van der Waals surface area contributed by atoms with Crippen molar-refractivity contribution in [3.8, 4) is 29.4 Å². The van der Waals surface area contributed by atoms with Crippen LogP contribution in [0.2, 0.25) is 0 Å². The number of benzene rings is 1. The average molecular weight is 539 g/mol. The molecule has 1 saturated heterocycles. The van der Waals surface area contributed by atoms with Crippen LogP contribution in [0.25, 0.3) is 11.1 Å². The molecule has 3 aromatic rings. The maximum atomic E-state index is 13.1. The maximum Gasteiger partial charge on any atom is 0.416 e. The van der Waals surface area contributed by atoms with Gasteiger partial charge in [-0.15, -0.1) is 12.3 Å². The third-order valence-electron chi connectivity index (χ3n) is 6.37. The van der Waals surface area contributed by atoms with Crippen LogP contribution in [-0.4, -0.2) is 48.3 Å². The molecule has 0 spiro atoms. The zero-order valence-electron chi connectivity index (χ0n) is 21.7. The number of morpholine rings is 1. The second-order valence-corrected chi connectivity index (χ2v) is 9.09. The topological polar surface area (TPSA) is 76.6 Å². The van der Waals surface area contributed by atoms with Gasteiger partial charge in [0.1, 0.15) is 11.8 Å². The van der Waals surface area contributed by atoms with E-state index in [1.807, 2.05) is 19.9 Å². The third kappa shape index (κ3) is 6.86. The Morgan fingerprint density at radius 3 is 2.67 bits per heavy atom. The number of carbonyl (C=O) groups is 1. The summed E-state index contributed by atoms with van der Waals surface area (Å²) < 4.78 is 51.0. The predicted molar refractivity (Wildman–Crippen MR) is 143 cm³/mol. The molecular formula is C29H29F3N4O3. The van der Waals surface area contributed by atoms with Crippen LogP contribution in [0, 0.1) is 19.3 Å². The second kappa shape index (κ2) is 12.2. The molecule has 1 fully saturated rings. The number of terminal acetylenes is 1. The van der Waals surface area contributed by atoms with Crippen molar-refractivity contribution in [2.75, 3.05) is 36.5 Å². The molecule has 204 valence electrons. The van der Waals surface area contributed by atoms with E-state index >= 15 is 0 Å². The minimum absolute atomic E-state index is 0.109. The lowest BCUT2D eigenvalue weighted by molar-refractivity contribution is -0.137. The van der Waals surface area contributed by atoms with Crippen LogP contribution < -0.4 is 15.0 Å². The highest BCUT2D eigenvalue weighted by atomic mass is 19.4. The number of hydrogen-bond acceptors (Lipinski definition) is 6. The fourth-order valence-corrected chi connectivity index (χ4v) is 4.20. The fraction of sp³-hybridized carbons (Fsp3) is 0.345. The molecule has 0 bridgehead atoms. The lowest BCUT2D eigenvalue weighted by Gasteiger charge is -2.31. The normalized spacial score (nSPS) is 14.4. The zero-order valence-corrected chi connectivity index (χ0v) is 21.7. The van der Waals surface area contributed by atoms with E-state index in [0.29, 0.717) is 55.5 Å². The van der Waals surface area contributed by atoms with Gasteiger partial charge in [-0.2, -0.15) is 13.2 Å². The summed E-state index contributed by atoms with van der Waals surface area (Å²) in [5, 5.41) is 2.65. The van der Waals surface area contributed by atoms with Gasteiger partial charge in [0.2, 0.25) is 5.88 Å². The minimum Gasteiger partial charge on any atom is -0.472 e. The van der Waals surface area contributed by atoms with Gasteiger partial charge in [-0.25, -0.2) is 4.98 Å². The van der Waals surface area contributed by atoms with Crippen molar-refractivity contribution >= 4 is 17.3 Å². The molecule has 1 aliphatic rings. The highest BCUT2D eigenvalue weighted by Gasteiger charge is 2.31. The molecule has 1 aromatic carbocycles. The van der Waals surface area contributed by atoms with Crippen LogP contribution in [0.5, 0.6) is 5.88 Å². The van der Waals surface area contributed by atoms with E-state index in [2.05, 4.69) is 26.1 Å².